The molecular formula is C24H44O6P2. The SMILES string of the molecule is C=CP(=O)(OCC/C=C\CCC)OCCCCCCOP(=O)(C=C)OCC/C=C\CCC. The topological polar surface area (TPSA) is 71.1 Å². The van der Waals surface area contributed by atoms with E-state index in [-0.39, 0.29) is 0 Å². The predicted octanol–water partition coefficient (Wildman–Crippen LogP) is 8.78. The minimum Gasteiger partial charge on any atom is -0.306 e. The second-order valence-corrected chi connectivity index (χ2v) is 11.2. The number of hydrogen-bond acceptors (Lipinski definition) is 6. The lowest BCUT2D eigenvalue weighted by Gasteiger charge is -2.15. The first kappa shape index (κ1) is 31.3. The smallest absolute Gasteiger partial charge is 0.306 e. The molecule has 0 radical (unpaired) electrons. The zero-order valence-electron chi connectivity index (χ0n) is 20.1. The molecule has 0 aromatic heterocycles. The molecule has 0 aliphatic heterocycles. The van der Waals surface area contributed by atoms with Crippen molar-refractivity contribution in [3.05, 3.63) is 49.1 Å². The van der Waals surface area contributed by atoms with Gasteiger partial charge in [-0.2, -0.15) is 0 Å². The van der Waals surface area contributed by atoms with Crippen molar-refractivity contribution in [2.45, 2.75) is 78.1 Å². The fraction of sp³-hybridized carbons (Fsp3) is 0.667. The number of unbranched alkanes of at least 4 members (excludes halogenated alkanes) is 5. The molecule has 0 bridgehead atoms. The Morgan fingerprint density at radius 2 is 0.906 bits per heavy atom. The van der Waals surface area contributed by atoms with Crippen LogP contribution in [-0.4, -0.2) is 26.4 Å². The summed E-state index contributed by atoms with van der Waals surface area (Å²) in [6, 6.07) is 0. The zero-order valence-corrected chi connectivity index (χ0v) is 21.9. The molecule has 0 aromatic rings. The molecule has 0 rings (SSSR count). The Morgan fingerprint density at radius 1 is 0.562 bits per heavy atom. The van der Waals surface area contributed by atoms with E-state index in [9.17, 15) is 9.13 Å². The van der Waals surface area contributed by atoms with Gasteiger partial charge in [-0.15, -0.1) is 0 Å². The van der Waals surface area contributed by atoms with E-state index in [4.69, 9.17) is 18.1 Å². The van der Waals surface area contributed by atoms with Gasteiger partial charge < -0.3 is 18.1 Å². The van der Waals surface area contributed by atoms with E-state index in [2.05, 4.69) is 39.2 Å². The minimum atomic E-state index is -3.23. The third-order valence-electron chi connectivity index (χ3n) is 4.38. The normalized spacial score (nSPS) is 15.7. The summed E-state index contributed by atoms with van der Waals surface area (Å²) in [6.45, 7) is 12.8. The Labute approximate surface area is 196 Å². The van der Waals surface area contributed by atoms with E-state index in [0.29, 0.717) is 39.3 Å². The molecule has 0 spiro atoms. The number of allylic oxidation sites excluding steroid dienone is 2. The molecule has 0 saturated heterocycles. The Kier molecular flexibility index (Phi) is 20.4. The van der Waals surface area contributed by atoms with Gasteiger partial charge in [-0.1, -0.05) is 77.0 Å². The van der Waals surface area contributed by atoms with Crippen molar-refractivity contribution >= 4 is 15.2 Å². The molecular weight excluding hydrogens is 446 g/mol. The van der Waals surface area contributed by atoms with Gasteiger partial charge >= 0.3 is 15.2 Å². The summed E-state index contributed by atoms with van der Waals surface area (Å²) in [7, 11) is -6.46. The molecule has 32 heavy (non-hydrogen) atoms. The summed E-state index contributed by atoms with van der Waals surface area (Å²) < 4.78 is 46.6. The van der Waals surface area contributed by atoms with Crippen molar-refractivity contribution in [2.75, 3.05) is 26.4 Å². The van der Waals surface area contributed by atoms with Gasteiger partial charge in [-0.05, 0) is 38.5 Å². The summed E-state index contributed by atoms with van der Waals surface area (Å²) in [5.41, 5.74) is 0. The molecule has 0 aliphatic carbocycles. The maximum atomic E-state index is 12.4. The van der Waals surface area contributed by atoms with Crippen molar-refractivity contribution in [1.82, 2.24) is 0 Å². The van der Waals surface area contributed by atoms with E-state index < -0.39 is 15.2 Å². The molecule has 186 valence electrons. The highest BCUT2D eigenvalue weighted by Crippen LogP contribution is 2.50. The van der Waals surface area contributed by atoms with Crippen LogP contribution in [0.4, 0.5) is 0 Å². The predicted molar refractivity (Wildman–Crippen MR) is 135 cm³/mol. The maximum absolute atomic E-state index is 12.4. The van der Waals surface area contributed by atoms with Gasteiger partial charge in [-0.3, -0.25) is 9.13 Å². The first-order valence-electron chi connectivity index (χ1n) is 11.8. The van der Waals surface area contributed by atoms with Gasteiger partial charge in [0.2, 0.25) is 0 Å². The standard InChI is InChI=1S/C24H44O6P2/c1-5-9-11-13-17-21-27-31(25,7-3)29-23-19-15-16-20-24-30-32(26,8-4)28-22-18-14-12-10-6-2/h7-8,11-14H,3-6,9-10,15-24H2,1-2H3/b13-11-,14-12-. The minimum absolute atomic E-state index is 0.343. The lowest BCUT2D eigenvalue weighted by Crippen LogP contribution is -1.99. The van der Waals surface area contributed by atoms with Crippen LogP contribution < -0.4 is 0 Å². The Balaban J connectivity index is 3.88. The Bertz CT molecular complexity index is 576. The van der Waals surface area contributed by atoms with Crippen LogP contribution in [0.15, 0.2) is 49.1 Å². The second kappa shape index (κ2) is 20.8. The lowest BCUT2D eigenvalue weighted by molar-refractivity contribution is 0.204. The molecule has 0 fully saturated rings. The Hall–Kier alpha value is -0.740. The Morgan fingerprint density at radius 3 is 1.25 bits per heavy atom. The van der Waals surface area contributed by atoms with Crippen LogP contribution in [0.3, 0.4) is 0 Å². The van der Waals surface area contributed by atoms with Crippen molar-refractivity contribution in [1.29, 1.82) is 0 Å². The summed E-state index contributed by atoms with van der Waals surface area (Å²) in [6.07, 6.45) is 17.2. The van der Waals surface area contributed by atoms with E-state index in [1.807, 2.05) is 12.2 Å². The van der Waals surface area contributed by atoms with Crippen molar-refractivity contribution in [3.63, 3.8) is 0 Å². The maximum Gasteiger partial charge on any atom is 0.353 e. The molecule has 8 heteroatoms. The number of hydrogen-bond donors (Lipinski definition) is 0. The summed E-state index contributed by atoms with van der Waals surface area (Å²) >= 11 is 0. The largest absolute Gasteiger partial charge is 0.353 e. The van der Waals surface area contributed by atoms with Gasteiger partial charge in [-0.25, -0.2) is 0 Å². The first-order chi connectivity index (χ1) is 15.4. The summed E-state index contributed by atoms with van der Waals surface area (Å²) in [4.78, 5) is 0. The fourth-order valence-corrected chi connectivity index (χ4v) is 4.58. The van der Waals surface area contributed by atoms with Crippen LogP contribution in [0, 0.1) is 0 Å². The molecule has 0 amide bonds. The van der Waals surface area contributed by atoms with Crippen LogP contribution >= 0.6 is 15.2 Å². The fourth-order valence-electron chi connectivity index (χ4n) is 2.53. The van der Waals surface area contributed by atoms with Gasteiger partial charge in [0, 0.05) is 11.6 Å². The molecule has 0 aliphatic rings. The van der Waals surface area contributed by atoms with Gasteiger partial charge in [0.15, 0.2) is 0 Å². The van der Waals surface area contributed by atoms with E-state index in [0.717, 1.165) is 51.4 Å². The third kappa shape index (κ3) is 17.8. The molecule has 0 aromatic carbocycles. The molecule has 2 unspecified atom stereocenters. The third-order valence-corrected chi connectivity index (χ3v) is 7.45. The van der Waals surface area contributed by atoms with Crippen molar-refractivity contribution in [2.24, 2.45) is 0 Å². The lowest BCUT2D eigenvalue weighted by atomic mass is 10.2. The first-order valence-corrected chi connectivity index (χ1v) is 15.0. The van der Waals surface area contributed by atoms with Gasteiger partial charge in [0.05, 0.1) is 26.4 Å². The van der Waals surface area contributed by atoms with Crippen LogP contribution in [-0.2, 0) is 27.2 Å². The van der Waals surface area contributed by atoms with E-state index in [1.54, 1.807) is 0 Å². The zero-order chi connectivity index (χ0) is 24.0. The number of rotatable bonds is 23. The van der Waals surface area contributed by atoms with Crippen LogP contribution in [0.5, 0.6) is 0 Å². The van der Waals surface area contributed by atoms with Crippen molar-refractivity contribution in [3.8, 4) is 0 Å². The van der Waals surface area contributed by atoms with E-state index >= 15 is 0 Å². The summed E-state index contributed by atoms with van der Waals surface area (Å²) in [5.74, 6) is 2.53. The quantitative estimate of drug-likeness (QED) is 0.0810. The highest BCUT2D eigenvalue weighted by Gasteiger charge is 2.20. The van der Waals surface area contributed by atoms with Gasteiger partial charge in [0.25, 0.3) is 0 Å². The monoisotopic (exact) mass is 490 g/mol. The van der Waals surface area contributed by atoms with Crippen LogP contribution in [0.1, 0.15) is 78.1 Å². The van der Waals surface area contributed by atoms with Crippen LogP contribution in [0.25, 0.3) is 0 Å². The molecule has 6 nitrogen and oxygen atoms in total. The molecule has 2 atom stereocenters. The van der Waals surface area contributed by atoms with Crippen LogP contribution in [0.2, 0.25) is 0 Å². The van der Waals surface area contributed by atoms with Gasteiger partial charge in [0.1, 0.15) is 0 Å². The van der Waals surface area contributed by atoms with E-state index in [1.165, 1.54) is 11.6 Å². The molecule has 0 heterocycles. The average molecular weight is 491 g/mol. The molecule has 0 saturated carbocycles. The summed E-state index contributed by atoms with van der Waals surface area (Å²) in [5, 5.41) is 0. The highest BCUT2D eigenvalue weighted by atomic mass is 31.2. The average Bonchev–Trinajstić information content (AvgIpc) is 2.80. The molecule has 0 N–H and O–H groups in total. The second-order valence-electron chi connectivity index (χ2n) is 7.29. The van der Waals surface area contributed by atoms with Crippen molar-refractivity contribution < 1.29 is 27.2 Å². The highest BCUT2D eigenvalue weighted by molar-refractivity contribution is 7.57.